The van der Waals surface area contributed by atoms with Gasteiger partial charge in [-0.2, -0.15) is 5.10 Å². The summed E-state index contributed by atoms with van der Waals surface area (Å²) >= 11 is 0. The van der Waals surface area contributed by atoms with E-state index in [1.54, 1.807) is 12.1 Å². The lowest BCUT2D eigenvalue weighted by molar-refractivity contribution is 0.249. The number of hydrogen-bond donors (Lipinski definition) is 3. The second-order valence-corrected chi connectivity index (χ2v) is 4.19. The highest BCUT2D eigenvalue weighted by atomic mass is 16.5. The molecule has 2 rings (SSSR count). The Kier molecular flexibility index (Phi) is 4.40. The number of amides is 2. The maximum atomic E-state index is 10.9. The van der Waals surface area contributed by atoms with Crippen molar-refractivity contribution in [2.45, 2.75) is 0 Å². The van der Waals surface area contributed by atoms with Gasteiger partial charge in [0.05, 0.1) is 7.11 Å². The third-order valence-corrected chi connectivity index (χ3v) is 2.79. The zero-order valence-electron chi connectivity index (χ0n) is 11.4. The van der Waals surface area contributed by atoms with Crippen molar-refractivity contribution in [2.24, 2.45) is 10.8 Å². The molecule has 0 atom stereocenters. The van der Waals surface area contributed by atoms with Crippen molar-refractivity contribution in [1.29, 1.82) is 0 Å². The van der Waals surface area contributed by atoms with Crippen LogP contribution in [0.15, 0.2) is 53.6 Å². The highest BCUT2D eigenvalue weighted by Crippen LogP contribution is 2.26. The van der Waals surface area contributed by atoms with Gasteiger partial charge in [-0.05, 0) is 12.1 Å². The van der Waals surface area contributed by atoms with Gasteiger partial charge in [0.1, 0.15) is 17.2 Å². The standard InChI is InChI=1S/C15H15N3O3/c1-21-11-7-8-12(13(19)9-11)14(17-18-15(16)20)10-5-3-2-4-6-10/h2-9,19H,1H3,(H3,16,18,20)/b17-14+. The van der Waals surface area contributed by atoms with Gasteiger partial charge in [0.2, 0.25) is 0 Å². The molecule has 4 N–H and O–H groups in total. The average molecular weight is 285 g/mol. The van der Waals surface area contributed by atoms with E-state index in [0.29, 0.717) is 17.0 Å². The fourth-order valence-electron chi connectivity index (χ4n) is 1.83. The van der Waals surface area contributed by atoms with Crippen molar-refractivity contribution in [3.05, 3.63) is 59.7 Å². The molecule has 0 saturated heterocycles. The minimum absolute atomic E-state index is 0.0109. The van der Waals surface area contributed by atoms with Crippen LogP contribution in [0.4, 0.5) is 4.79 Å². The molecule has 108 valence electrons. The van der Waals surface area contributed by atoms with Crippen LogP contribution in [-0.4, -0.2) is 24.0 Å². The van der Waals surface area contributed by atoms with Gasteiger partial charge in [-0.15, -0.1) is 0 Å². The van der Waals surface area contributed by atoms with Crippen molar-refractivity contribution in [3.8, 4) is 11.5 Å². The van der Waals surface area contributed by atoms with Gasteiger partial charge in [-0.1, -0.05) is 30.3 Å². The number of benzene rings is 2. The molecule has 0 aromatic heterocycles. The number of urea groups is 1. The number of phenols is 1. The molecule has 2 amide bonds. The predicted octanol–water partition coefficient (Wildman–Crippen LogP) is 1.82. The normalized spacial score (nSPS) is 11.0. The summed E-state index contributed by atoms with van der Waals surface area (Å²) in [5.74, 6) is 0.509. The van der Waals surface area contributed by atoms with Crippen LogP contribution >= 0.6 is 0 Å². The maximum Gasteiger partial charge on any atom is 0.332 e. The molecule has 2 aromatic rings. The molecule has 0 spiro atoms. The first-order valence-electron chi connectivity index (χ1n) is 6.17. The Morgan fingerprint density at radius 1 is 1.24 bits per heavy atom. The van der Waals surface area contributed by atoms with E-state index in [0.717, 1.165) is 5.56 Å². The summed E-state index contributed by atoms with van der Waals surface area (Å²) in [5.41, 5.74) is 8.80. The van der Waals surface area contributed by atoms with Gasteiger partial charge >= 0.3 is 6.03 Å². The van der Waals surface area contributed by atoms with Crippen molar-refractivity contribution in [3.63, 3.8) is 0 Å². The van der Waals surface area contributed by atoms with E-state index in [2.05, 4.69) is 10.5 Å². The van der Waals surface area contributed by atoms with E-state index in [1.807, 2.05) is 30.3 Å². The van der Waals surface area contributed by atoms with Gasteiger partial charge in [-0.25, -0.2) is 10.2 Å². The highest BCUT2D eigenvalue weighted by Gasteiger charge is 2.13. The number of phenolic OH excluding ortho intramolecular Hbond substituents is 1. The smallest absolute Gasteiger partial charge is 0.332 e. The Bertz CT molecular complexity index is 669. The van der Waals surface area contributed by atoms with E-state index in [1.165, 1.54) is 13.2 Å². The van der Waals surface area contributed by atoms with E-state index >= 15 is 0 Å². The fraction of sp³-hybridized carbons (Fsp3) is 0.0667. The molecule has 0 saturated carbocycles. The first-order valence-corrected chi connectivity index (χ1v) is 6.17. The van der Waals surface area contributed by atoms with Crippen molar-refractivity contribution < 1.29 is 14.6 Å². The van der Waals surface area contributed by atoms with E-state index < -0.39 is 6.03 Å². The zero-order valence-corrected chi connectivity index (χ0v) is 11.4. The summed E-state index contributed by atoms with van der Waals surface area (Å²) in [6.45, 7) is 0. The highest BCUT2D eigenvalue weighted by molar-refractivity contribution is 6.14. The molecule has 0 fully saturated rings. The topological polar surface area (TPSA) is 96.9 Å². The number of nitrogens with zero attached hydrogens (tertiary/aromatic N) is 1. The molecule has 6 heteroatoms. The Morgan fingerprint density at radius 3 is 2.52 bits per heavy atom. The number of carbonyl (C=O) groups excluding carboxylic acids is 1. The fourth-order valence-corrected chi connectivity index (χ4v) is 1.83. The number of rotatable bonds is 4. The van der Waals surface area contributed by atoms with Crippen LogP contribution < -0.4 is 15.9 Å². The van der Waals surface area contributed by atoms with Crippen LogP contribution in [-0.2, 0) is 0 Å². The molecular weight excluding hydrogens is 270 g/mol. The van der Waals surface area contributed by atoms with E-state index in [4.69, 9.17) is 10.5 Å². The monoisotopic (exact) mass is 285 g/mol. The molecule has 21 heavy (non-hydrogen) atoms. The minimum Gasteiger partial charge on any atom is -0.507 e. The zero-order chi connectivity index (χ0) is 15.2. The summed E-state index contributed by atoms with van der Waals surface area (Å²) in [4.78, 5) is 10.9. The van der Waals surface area contributed by atoms with Crippen LogP contribution in [0.5, 0.6) is 11.5 Å². The number of hydrazone groups is 1. The summed E-state index contributed by atoms with van der Waals surface area (Å²) < 4.78 is 5.04. The quantitative estimate of drug-likeness (QED) is 0.590. The molecule has 0 aliphatic heterocycles. The Hall–Kier alpha value is -3.02. The van der Waals surface area contributed by atoms with Crippen LogP contribution in [0.1, 0.15) is 11.1 Å². The Balaban J connectivity index is 2.50. The number of nitrogens with two attached hydrogens (primary N) is 1. The van der Waals surface area contributed by atoms with Crippen LogP contribution in [0.3, 0.4) is 0 Å². The van der Waals surface area contributed by atoms with Crippen LogP contribution in [0, 0.1) is 0 Å². The van der Waals surface area contributed by atoms with Gasteiger partial charge in [0, 0.05) is 17.2 Å². The first kappa shape index (κ1) is 14.4. The maximum absolute atomic E-state index is 10.9. The Morgan fingerprint density at radius 2 is 1.95 bits per heavy atom. The minimum atomic E-state index is -0.781. The number of methoxy groups -OCH3 is 1. The SMILES string of the molecule is COc1ccc(/C(=N/NC(N)=O)c2ccccc2)c(O)c1. The summed E-state index contributed by atoms with van der Waals surface area (Å²) in [5, 5.41) is 14.1. The van der Waals surface area contributed by atoms with Gasteiger partial charge in [-0.3, -0.25) is 0 Å². The molecule has 0 heterocycles. The largest absolute Gasteiger partial charge is 0.507 e. The summed E-state index contributed by atoms with van der Waals surface area (Å²) in [6.07, 6.45) is 0. The molecule has 0 unspecified atom stereocenters. The average Bonchev–Trinajstić information content (AvgIpc) is 2.49. The van der Waals surface area contributed by atoms with Crippen molar-refractivity contribution in [1.82, 2.24) is 5.43 Å². The molecule has 6 nitrogen and oxygen atoms in total. The summed E-state index contributed by atoms with van der Waals surface area (Å²) in [6, 6.07) is 13.2. The predicted molar refractivity (Wildman–Crippen MR) is 79.5 cm³/mol. The van der Waals surface area contributed by atoms with Crippen molar-refractivity contribution >= 4 is 11.7 Å². The Labute approximate surface area is 121 Å². The molecule has 0 aliphatic carbocycles. The van der Waals surface area contributed by atoms with Crippen molar-refractivity contribution in [2.75, 3.05) is 7.11 Å². The number of carbonyl (C=O) groups is 1. The lowest BCUT2D eigenvalue weighted by atomic mass is 10.0. The van der Waals surface area contributed by atoms with Gasteiger partial charge in [0.15, 0.2) is 0 Å². The number of primary amides is 1. The third kappa shape index (κ3) is 3.50. The van der Waals surface area contributed by atoms with E-state index in [9.17, 15) is 9.90 Å². The van der Waals surface area contributed by atoms with E-state index in [-0.39, 0.29) is 5.75 Å². The molecule has 2 aromatic carbocycles. The van der Waals surface area contributed by atoms with Gasteiger partial charge < -0.3 is 15.6 Å². The molecule has 0 radical (unpaired) electrons. The number of ether oxygens (including phenoxy) is 1. The molecule has 0 aliphatic rings. The second kappa shape index (κ2) is 6.42. The third-order valence-electron chi connectivity index (χ3n) is 2.79. The van der Waals surface area contributed by atoms with Crippen LogP contribution in [0.2, 0.25) is 0 Å². The van der Waals surface area contributed by atoms with Crippen LogP contribution in [0.25, 0.3) is 0 Å². The number of hydrogen-bond acceptors (Lipinski definition) is 4. The molecular formula is C15H15N3O3. The first-order chi connectivity index (χ1) is 10.1. The summed E-state index contributed by atoms with van der Waals surface area (Å²) in [7, 11) is 1.51. The lowest BCUT2D eigenvalue weighted by Crippen LogP contribution is -2.26. The van der Waals surface area contributed by atoms with Gasteiger partial charge in [0.25, 0.3) is 0 Å². The molecule has 0 bridgehead atoms. The number of aromatic hydroxyl groups is 1. The second-order valence-electron chi connectivity index (χ2n) is 4.19. The lowest BCUT2D eigenvalue weighted by Gasteiger charge is -2.10. The number of nitrogens with one attached hydrogen (secondary N) is 1.